The first-order valence-electron chi connectivity index (χ1n) is 14.5. The highest BCUT2D eigenvalue weighted by molar-refractivity contribution is 5.97. The summed E-state index contributed by atoms with van der Waals surface area (Å²) in [5.41, 5.74) is 2.47. The fraction of sp³-hybridized carbons (Fsp3) is 0.294. The quantitative estimate of drug-likeness (QED) is 0.257. The molecule has 4 aromatic rings. The third-order valence-corrected chi connectivity index (χ3v) is 7.80. The zero-order valence-electron chi connectivity index (χ0n) is 25.2. The third kappa shape index (κ3) is 5.93. The number of carbonyl (C=O) groups excluding carboxylic acids is 1. The van der Waals surface area contributed by atoms with Crippen LogP contribution in [0.15, 0.2) is 78.9 Å². The van der Waals surface area contributed by atoms with Crippen molar-refractivity contribution in [3.63, 3.8) is 0 Å². The maximum Gasteiger partial charge on any atom is 0.347 e. The van der Waals surface area contributed by atoms with Gasteiger partial charge in [0.2, 0.25) is 12.0 Å². The Bertz CT molecular complexity index is 1600. The number of methoxy groups -OCH3 is 2. The van der Waals surface area contributed by atoms with Gasteiger partial charge in [0.15, 0.2) is 0 Å². The van der Waals surface area contributed by atoms with E-state index >= 15 is 0 Å². The van der Waals surface area contributed by atoms with E-state index in [1.807, 2.05) is 86.6 Å². The van der Waals surface area contributed by atoms with E-state index < -0.39 is 17.6 Å². The maximum atomic E-state index is 13.9. The zero-order chi connectivity index (χ0) is 31.3. The largest absolute Gasteiger partial charge is 0.497 e. The predicted octanol–water partition coefficient (Wildman–Crippen LogP) is 4.53. The molecule has 0 bridgehead atoms. The van der Waals surface area contributed by atoms with E-state index in [1.54, 1.807) is 25.2 Å². The Kier molecular flexibility index (Phi) is 9.10. The number of fused-ring (bicyclic) bond motifs is 1. The van der Waals surface area contributed by atoms with Crippen LogP contribution in [0.3, 0.4) is 0 Å². The van der Waals surface area contributed by atoms with E-state index in [1.165, 1.54) is 0 Å². The van der Waals surface area contributed by atoms with Gasteiger partial charge in [0.1, 0.15) is 17.0 Å². The SMILES string of the molecule is CCc1cc(CC)nc(OC(C(=O)O)C2(c3ccccc3)NCC(=O)N(Cc3cc(OC)cc(OC)c3)c3ccccc32)n1. The number of hydrogen-bond acceptors (Lipinski definition) is 8. The fourth-order valence-corrected chi connectivity index (χ4v) is 5.61. The van der Waals surface area contributed by atoms with E-state index in [0.717, 1.165) is 17.0 Å². The van der Waals surface area contributed by atoms with Gasteiger partial charge in [-0.25, -0.2) is 14.8 Å². The number of hydrogen-bond donors (Lipinski definition) is 2. The van der Waals surface area contributed by atoms with Crippen molar-refractivity contribution in [2.75, 3.05) is 25.7 Å². The van der Waals surface area contributed by atoms with E-state index in [2.05, 4.69) is 15.3 Å². The lowest BCUT2D eigenvalue weighted by atomic mass is 9.77. The topological polar surface area (TPSA) is 123 Å². The zero-order valence-corrected chi connectivity index (χ0v) is 25.2. The monoisotopic (exact) mass is 596 g/mol. The summed E-state index contributed by atoms with van der Waals surface area (Å²) in [7, 11) is 3.14. The van der Waals surface area contributed by atoms with Gasteiger partial charge >= 0.3 is 12.0 Å². The number of amides is 1. The molecule has 1 aliphatic rings. The Morgan fingerprint density at radius 2 is 1.55 bits per heavy atom. The highest BCUT2D eigenvalue weighted by atomic mass is 16.5. The summed E-state index contributed by atoms with van der Waals surface area (Å²) in [6, 6.07) is 23.8. The summed E-state index contributed by atoms with van der Waals surface area (Å²) in [4.78, 5) is 37.8. The predicted molar refractivity (Wildman–Crippen MR) is 165 cm³/mol. The number of ether oxygens (including phenoxy) is 3. The van der Waals surface area contributed by atoms with Gasteiger partial charge in [0.05, 0.1) is 27.3 Å². The van der Waals surface area contributed by atoms with Crippen LogP contribution < -0.4 is 24.4 Å². The van der Waals surface area contributed by atoms with Crippen LogP contribution in [0.2, 0.25) is 0 Å². The molecule has 0 spiro atoms. The Morgan fingerprint density at radius 3 is 2.14 bits per heavy atom. The first kappa shape index (κ1) is 30.5. The van der Waals surface area contributed by atoms with Crippen LogP contribution in [0.25, 0.3) is 0 Å². The van der Waals surface area contributed by atoms with Crippen LogP contribution in [0, 0.1) is 0 Å². The highest BCUT2D eigenvalue weighted by Crippen LogP contribution is 2.42. The maximum absolute atomic E-state index is 13.9. The summed E-state index contributed by atoms with van der Waals surface area (Å²) in [6.07, 6.45) is -0.285. The molecular formula is C34H36N4O6. The van der Waals surface area contributed by atoms with Gasteiger partial charge in [-0.1, -0.05) is 62.4 Å². The second-order valence-electron chi connectivity index (χ2n) is 10.4. The molecule has 0 saturated carbocycles. The third-order valence-electron chi connectivity index (χ3n) is 7.80. The highest BCUT2D eigenvalue weighted by Gasteiger charge is 2.52. The first-order valence-corrected chi connectivity index (χ1v) is 14.5. The summed E-state index contributed by atoms with van der Waals surface area (Å²) < 4.78 is 17.2. The van der Waals surface area contributed by atoms with Crippen molar-refractivity contribution in [2.45, 2.75) is 44.9 Å². The standard InChI is InChI=1S/C34H36N4O6/c1-5-24-18-25(6-2)37-33(36-24)44-31(32(40)41)34(23-12-8-7-9-13-23)28-14-10-11-15-29(28)38(30(39)20-35-34)21-22-16-26(42-3)19-27(17-22)43-4/h7-19,31,35H,5-6,20-21H2,1-4H3,(H,40,41). The van der Waals surface area contributed by atoms with E-state index in [-0.39, 0.29) is 25.0 Å². The molecule has 2 atom stereocenters. The van der Waals surface area contributed by atoms with Crippen molar-refractivity contribution in [1.82, 2.24) is 15.3 Å². The molecule has 44 heavy (non-hydrogen) atoms. The molecule has 5 rings (SSSR count). The molecule has 3 aromatic carbocycles. The van der Waals surface area contributed by atoms with Crippen molar-refractivity contribution in [1.29, 1.82) is 0 Å². The Labute approximate surface area is 256 Å². The number of aromatic nitrogens is 2. The number of carboxylic acid groups (broad SMARTS) is 1. The molecule has 0 radical (unpaired) electrons. The van der Waals surface area contributed by atoms with Gasteiger partial charge in [-0.15, -0.1) is 0 Å². The van der Waals surface area contributed by atoms with Gasteiger partial charge < -0.3 is 24.2 Å². The van der Waals surface area contributed by atoms with E-state index in [4.69, 9.17) is 14.2 Å². The molecule has 1 aromatic heterocycles. The number of para-hydroxylation sites is 1. The molecule has 0 fully saturated rings. The van der Waals surface area contributed by atoms with Gasteiger partial charge in [-0.3, -0.25) is 10.1 Å². The number of benzene rings is 3. The molecule has 1 aliphatic heterocycles. The minimum atomic E-state index is -1.55. The lowest BCUT2D eigenvalue weighted by Gasteiger charge is -2.39. The van der Waals surface area contributed by atoms with Crippen LogP contribution in [-0.4, -0.2) is 53.8 Å². The number of nitrogens with zero attached hydrogens (tertiary/aromatic N) is 3. The Balaban J connectivity index is 1.70. The molecule has 0 aliphatic carbocycles. The van der Waals surface area contributed by atoms with Crippen LogP contribution in [0.1, 0.15) is 41.9 Å². The van der Waals surface area contributed by atoms with Gasteiger partial charge in [0.25, 0.3) is 0 Å². The molecule has 10 heteroatoms. The summed E-state index contributed by atoms with van der Waals surface area (Å²) >= 11 is 0. The van der Waals surface area contributed by atoms with Gasteiger partial charge in [0, 0.05) is 28.7 Å². The molecule has 0 saturated heterocycles. The Hall–Kier alpha value is -4.96. The van der Waals surface area contributed by atoms with Gasteiger partial charge in [-0.05, 0) is 48.2 Å². The molecule has 10 nitrogen and oxygen atoms in total. The number of rotatable bonds is 11. The Morgan fingerprint density at radius 1 is 0.932 bits per heavy atom. The second kappa shape index (κ2) is 13.1. The summed E-state index contributed by atoms with van der Waals surface area (Å²) in [5.74, 6) is -0.310. The van der Waals surface area contributed by atoms with Crippen molar-refractivity contribution in [2.24, 2.45) is 0 Å². The van der Waals surface area contributed by atoms with Gasteiger partial charge in [-0.2, -0.15) is 0 Å². The lowest BCUT2D eigenvalue weighted by Crippen LogP contribution is -2.58. The van der Waals surface area contributed by atoms with Crippen molar-refractivity contribution >= 4 is 17.6 Å². The normalized spacial score (nSPS) is 16.9. The molecule has 228 valence electrons. The average Bonchev–Trinajstić information content (AvgIpc) is 3.18. The fourth-order valence-electron chi connectivity index (χ4n) is 5.61. The van der Waals surface area contributed by atoms with E-state index in [9.17, 15) is 14.7 Å². The van der Waals surface area contributed by atoms with E-state index in [0.29, 0.717) is 41.2 Å². The minimum absolute atomic E-state index is 0.0286. The summed E-state index contributed by atoms with van der Waals surface area (Å²) in [5, 5.41) is 14.2. The summed E-state index contributed by atoms with van der Waals surface area (Å²) in [6.45, 7) is 3.95. The molecular weight excluding hydrogens is 560 g/mol. The molecule has 2 heterocycles. The first-order chi connectivity index (χ1) is 21.3. The lowest BCUT2D eigenvalue weighted by molar-refractivity contribution is -0.149. The number of nitrogens with one attached hydrogen (secondary N) is 1. The smallest absolute Gasteiger partial charge is 0.347 e. The molecule has 2 N–H and O–H groups in total. The van der Waals surface area contributed by atoms with Crippen LogP contribution >= 0.6 is 0 Å². The number of carbonyl (C=O) groups is 2. The van der Waals surface area contributed by atoms with Crippen molar-refractivity contribution in [3.8, 4) is 17.5 Å². The number of anilines is 1. The van der Waals surface area contributed by atoms with Crippen molar-refractivity contribution in [3.05, 3.63) is 107 Å². The van der Waals surface area contributed by atoms with Crippen molar-refractivity contribution < 1.29 is 28.9 Å². The minimum Gasteiger partial charge on any atom is -0.497 e. The molecule has 2 unspecified atom stereocenters. The average molecular weight is 597 g/mol. The number of aryl methyl sites for hydroxylation is 2. The number of carboxylic acids is 1. The van der Waals surface area contributed by atoms with Crippen LogP contribution in [0.4, 0.5) is 5.69 Å². The van der Waals surface area contributed by atoms with Crippen LogP contribution in [0.5, 0.6) is 17.5 Å². The second-order valence-corrected chi connectivity index (χ2v) is 10.4. The molecule has 1 amide bonds. The van der Waals surface area contributed by atoms with Crippen LogP contribution in [-0.2, 0) is 34.5 Å². The number of aliphatic carboxylic acids is 1.